The first-order valence-corrected chi connectivity index (χ1v) is 8.88. The third-order valence-corrected chi connectivity index (χ3v) is 5.06. The van der Waals surface area contributed by atoms with Crippen LogP contribution < -0.4 is 0 Å². The Kier molecular flexibility index (Phi) is 5.51. The quantitative estimate of drug-likeness (QED) is 0.901. The van der Waals surface area contributed by atoms with Gasteiger partial charge in [-0.25, -0.2) is 4.79 Å². The highest BCUT2D eigenvalue weighted by atomic mass is 16.5. The van der Waals surface area contributed by atoms with Crippen molar-refractivity contribution in [1.82, 2.24) is 4.90 Å². The maximum absolute atomic E-state index is 13.0. The molecule has 3 rings (SSSR count). The summed E-state index contributed by atoms with van der Waals surface area (Å²) >= 11 is 0. The molecule has 2 fully saturated rings. The number of carbonyl (C=O) groups is 2. The fourth-order valence-corrected chi connectivity index (χ4v) is 3.75. The summed E-state index contributed by atoms with van der Waals surface area (Å²) in [6, 6.07) is 10.2. The predicted molar refractivity (Wildman–Crippen MR) is 89.4 cm³/mol. The number of nitrogens with zero attached hydrogens (tertiary/aromatic N) is 1. The van der Waals surface area contributed by atoms with Gasteiger partial charge in [-0.2, -0.15) is 0 Å². The molecule has 2 atom stereocenters. The van der Waals surface area contributed by atoms with E-state index in [1.54, 1.807) is 0 Å². The Hall–Kier alpha value is -1.88. The fraction of sp³-hybridized carbons (Fsp3) is 0.579. The first kappa shape index (κ1) is 17.0. The lowest BCUT2D eigenvalue weighted by Gasteiger charge is -2.36. The van der Waals surface area contributed by atoms with Crippen molar-refractivity contribution in [2.24, 2.45) is 0 Å². The van der Waals surface area contributed by atoms with E-state index < -0.39 is 18.2 Å². The van der Waals surface area contributed by atoms with E-state index in [1.807, 2.05) is 35.2 Å². The van der Waals surface area contributed by atoms with Crippen LogP contribution in [0.5, 0.6) is 0 Å². The Labute approximate surface area is 142 Å². The molecule has 0 radical (unpaired) electrons. The average molecular weight is 331 g/mol. The van der Waals surface area contributed by atoms with Gasteiger partial charge in [0.05, 0.1) is 0 Å². The standard InChI is InChI=1S/C19H25NO4/c21-18(16-11-12-17(24-16)19(22)23)20(15-9-5-2-6-10-15)13-14-7-3-1-4-8-14/h1,3-4,7-8,15-17H,2,5-6,9-13H2,(H,22,23)/t16-,17+/m0/s1. The van der Waals surface area contributed by atoms with Gasteiger partial charge in [-0.1, -0.05) is 49.6 Å². The van der Waals surface area contributed by atoms with E-state index in [1.165, 1.54) is 6.42 Å². The number of hydrogen-bond donors (Lipinski definition) is 1. The molecule has 130 valence electrons. The Bertz CT molecular complexity index is 568. The number of hydrogen-bond acceptors (Lipinski definition) is 3. The lowest BCUT2D eigenvalue weighted by atomic mass is 9.93. The molecule has 0 spiro atoms. The Morgan fingerprint density at radius 2 is 1.67 bits per heavy atom. The molecular weight excluding hydrogens is 306 g/mol. The van der Waals surface area contributed by atoms with Gasteiger partial charge in [-0.15, -0.1) is 0 Å². The van der Waals surface area contributed by atoms with E-state index in [-0.39, 0.29) is 11.9 Å². The maximum atomic E-state index is 13.0. The number of benzene rings is 1. The first-order chi connectivity index (χ1) is 11.6. The van der Waals surface area contributed by atoms with Crippen LogP contribution in [0.25, 0.3) is 0 Å². The zero-order valence-electron chi connectivity index (χ0n) is 13.9. The van der Waals surface area contributed by atoms with E-state index in [0.29, 0.717) is 19.4 Å². The van der Waals surface area contributed by atoms with Crippen LogP contribution in [-0.2, 0) is 20.9 Å². The second-order valence-electron chi connectivity index (χ2n) is 6.77. The molecule has 5 nitrogen and oxygen atoms in total. The largest absolute Gasteiger partial charge is 0.479 e. The number of amides is 1. The zero-order chi connectivity index (χ0) is 16.9. The Morgan fingerprint density at radius 1 is 1.00 bits per heavy atom. The summed E-state index contributed by atoms with van der Waals surface area (Å²) in [5.74, 6) is -1.02. The van der Waals surface area contributed by atoms with Crippen molar-refractivity contribution in [3.63, 3.8) is 0 Å². The predicted octanol–water partition coefficient (Wildman–Crippen LogP) is 2.98. The van der Waals surface area contributed by atoms with Gasteiger partial charge in [0.25, 0.3) is 5.91 Å². The maximum Gasteiger partial charge on any atom is 0.332 e. The van der Waals surface area contributed by atoms with Gasteiger partial charge in [0.2, 0.25) is 0 Å². The third kappa shape index (κ3) is 3.96. The van der Waals surface area contributed by atoms with E-state index >= 15 is 0 Å². The summed E-state index contributed by atoms with van der Waals surface area (Å²) in [7, 11) is 0. The van der Waals surface area contributed by atoms with Crippen molar-refractivity contribution in [1.29, 1.82) is 0 Å². The van der Waals surface area contributed by atoms with Crippen molar-refractivity contribution in [3.8, 4) is 0 Å². The number of ether oxygens (including phenoxy) is 1. The molecule has 1 N–H and O–H groups in total. The molecule has 1 amide bonds. The highest BCUT2D eigenvalue weighted by Gasteiger charge is 2.38. The Balaban J connectivity index is 1.73. The molecule has 1 aliphatic carbocycles. The molecule has 24 heavy (non-hydrogen) atoms. The number of carbonyl (C=O) groups excluding carboxylic acids is 1. The van der Waals surface area contributed by atoms with Crippen molar-refractivity contribution in [3.05, 3.63) is 35.9 Å². The smallest absolute Gasteiger partial charge is 0.332 e. The molecule has 0 unspecified atom stereocenters. The minimum atomic E-state index is -0.974. The third-order valence-electron chi connectivity index (χ3n) is 5.06. The molecule has 1 saturated heterocycles. The lowest BCUT2D eigenvalue weighted by molar-refractivity contribution is -0.156. The Morgan fingerprint density at radius 3 is 2.29 bits per heavy atom. The van der Waals surface area contributed by atoms with Crippen molar-refractivity contribution < 1.29 is 19.4 Å². The van der Waals surface area contributed by atoms with Crippen LogP contribution in [0.4, 0.5) is 0 Å². The highest BCUT2D eigenvalue weighted by Crippen LogP contribution is 2.28. The van der Waals surface area contributed by atoms with Crippen molar-refractivity contribution in [2.75, 3.05) is 0 Å². The van der Waals surface area contributed by atoms with E-state index in [0.717, 1.165) is 31.2 Å². The highest BCUT2D eigenvalue weighted by molar-refractivity contribution is 5.83. The molecule has 1 saturated carbocycles. The van der Waals surface area contributed by atoms with E-state index in [4.69, 9.17) is 9.84 Å². The molecule has 2 aliphatic rings. The summed E-state index contributed by atoms with van der Waals surface area (Å²) in [5.41, 5.74) is 1.10. The van der Waals surface area contributed by atoms with Crippen molar-refractivity contribution in [2.45, 2.75) is 69.7 Å². The summed E-state index contributed by atoms with van der Waals surface area (Å²) in [6.07, 6.45) is 5.01. The van der Waals surface area contributed by atoms with E-state index in [9.17, 15) is 9.59 Å². The molecule has 1 aliphatic heterocycles. The second-order valence-corrected chi connectivity index (χ2v) is 6.77. The van der Waals surface area contributed by atoms with Crippen LogP contribution in [0.15, 0.2) is 30.3 Å². The van der Waals surface area contributed by atoms with Crippen molar-refractivity contribution >= 4 is 11.9 Å². The van der Waals surface area contributed by atoms with Gasteiger partial charge in [-0.05, 0) is 31.2 Å². The zero-order valence-corrected chi connectivity index (χ0v) is 13.9. The molecular formula is C19H25NO4. The number of aliphatic carboxylic acids is 1. The van der Waals surface area contributed by atoms with E-state index in [2.05, 4.69) is 0 Å². The van der Waals surface area contributed by atoms with Crippen LogP contribution in [0.2, 0.25) is 0 Å². The normalized spacial score (nSPS) is 24.7. The summed E-state index contributed by atoms with van der Waals surface area (Å²) < 4.78 is 5.50. The first-order valence-electron chi connectivity index (χ1n) is 8.88. The minimum absolute atomic E-state index is 0.0468. The van der Waals surface area contributed by atoms with Crippen LogP contribution >= 0.6 is 0 Å². The van der Waals surface area contributed by atoms with Gasteiger partial charge in [0.15, 0.2) is 6.10 Å². The fourth-order valence-electron chi connectivity index (χ4n) is 3.75. The van der Waals surface area contributed by atoms with Crippen LogP contribution in [0, 0.1) is 0 Å². The topological polar surface area (TPSA) is 66.8 Å². The minimum Gasteiger partial charge on any atom is -0.479 e. The molecule has 0 bridgehead atoms. The van der Waals surface area contributed by atoms with Gasteiger partial charge in [-0.3, -0.25) is 4.79 Å². The van der Waals surface area contributed by atoms with Crippen LogP contribution in [0.1, 0.15) is 50.5 Å². The lowest BCUT2D eigenvalue weighted by Crippen LogP contribution is -2.46. The van der Waals surface area contributed by atoms with Gasteiger partial charge in [0.1, 0.15) is 6.10 Å². The SMILES string of the molecule is O=C(O)[C@H]1CC[C@@H](C(=O)N(Cc2ccccc2)C2CCCCC2)O1. The average Bonchev–Trinajstić information content (AvgIpc) is 3.11. The second kappa shape index (κ2) is 7.79. The number of carboxylic acids is 1. The molecule has 0 aromatic heterocycles. The molecule has 1 aromatic rings. The molecule has 5 heteroatoms. The van der Waals surface area contributed by atoms with Gasteiger partial charge < -0.3 is 14.7 Å². The van der Waals surface area contributed by atoms with Crippen LogP contribution in [0.3, 0.4) is 0 Å². The summed E-state index contributed by atoms with van der Waals surface area (Å²) in [5, 5.41) is 9.09. The molecule has 1 heterocycles. The number of rotatable bonds is 5. The van der Waals surface area contributed by atoms with Gasteiger partial charge in [0, 0.05) is 12.6 Å². The monoisotopic (exact) mass is 331 g/mol. The summed E-state index contributed by atoms with van der Waals surface area (Å²) in [6.45, 7) is 0.571. The number of carboxylic acid groups (broad SMARTS) is 1. The van der Waals surface area contributed by atoms with Crippen LogP contribution in [-0.4, -0.2) is 40.1 Å². The molecule has 1 aromatic carbocycles. The summed E-state index contributed by atoms with van der Waals surface area (Å²) in [4.78, 5) is 26.0. The van der Waals surface area contributed by atoms with Gasteiger partial charge >= 0.3 is 5.97 Å².